The van der Waals surface area contributed by atoms with Gasteiger partial charge in [0.15, 0.2) is 0 Å². The van der Waals surface area contributed by atoms with Gasteiger partial charge in [-0.15, -0.1) is 0 Å². The molecule has 1 aromatic carbocycles. The molecule has 1 aliphatic carbocycles. The van der Waals surface area contributed by atoms with E-state index in [9.17, 15) is 4.79 Å². The largest absolute Gasteiger partial charge is 0.349 e. The van der Waals surface area contributed by atoms with Gasteiger partial charge in [0.1, 0.15) is 0 Å². The molecule has 1 aromatic rings. The molecule has 0 bridgehead atoms. The lowest BCUT2D eigenvalue weighted by Crippen LogP contribution is -2.37. The minimum Gasteiger partial charge on any atom is -0.349 e. The Balaban J connectivity index is 1.81. The maximum atomic E-state index is 12.3. The summed E-state index contributed by atoms with van der Waals surface area (Å²) in [5, 5.41) is 3.19. The van der Waals surface area contributed by atoms with Gasteiger partial charge in [0.25, 0.3) is 5.91 Å². The molecular formula is C18H28N2O. The monoisotopic (exact) mass is 288 g/mol. The van der Waals surface area contributed by atoms with Crippen molar-refractivity contribution < 1.29 is 4.79 Å². The van der Waals surface area contributed by atoms with Gasteiger partial charge in [-0.2, -0.15) is 0 Å². The second kappa shape index (κ2) is 8.18. The molecule has 1 saturated carbocycles. The molecule has 116 valence electrons. The first-order valence-electron chi connectivity index (χ1n) is 8.32. The predicted octanol–water partition coefficient (Wildman–Crippen LogP) is 3.28. The molecule has 0 aliphatic heterocycles. The Kier molecular flexibility index (Phi) is 6.24. The molecule has 1 amide bonds. The first-order chi connectivity index (χ1) is 10.2. The van der Waals surface area contributed by atoms with Gasteiger partial charge in [-0.25, -0.2) is 0 Å². The van der Waals surface area contributed by atoms with E-state index in [2.05, 4.69) is 12.2 Å². The van der Waals surface area contributed by atoms with Crippen LogP contribution in [-0.2, 0) is 6.42 Å². The number of carbonyl (C=O) groups excluding carboxylic acids is 1. The molecule has 0 aromatic heterocycles. The highest BCUT2D eigenvalue weighted by Gasteiger charge is 2.22. The minimum absolute atomic E-state index is 0.0632. The molecule has 1 aliphatic rings. The molecule has 2 rings (SSSR count). The lowest BCUT2D eigenvalue weighted by molar-refractivity contribution is 0.0921. The van der Waals surface area contributed by atoms with Crippen LogP contribution in [0.15, 0.2) is 24.3 Å². The molecule has 0 unspecified atom stereocenters. The molecule has 0 radical (unpaired) electrons. The summed E-state index contributed by atoms with van der Waals surface area (Å²) in [5.74, 6) is 0.937. The molecule has 3 nitrogen and oxygen atoms in total. The van der Waals surface area contributed by atoms with Gasteiger partial charge in [0, 0.05) is 11.6 Å². The molecule has 1 fully saturated rings. The number of nitrogens with two attached hydrogens (primary N) is 1. The third kappa shape index (κ3) is 4.85. The zero-order valence-corrected chi connectivity index (χ0v) is 13.1. The zero-order valence-electron chi connectivity index (χ0n) is 13.1. The lowest BCUT2D eigenvalue weighted by atomic mass is 9.83. The summed E-state index contributed by atoms with van der Waals surface area (Å²) < 4.78 is 0. The Hall–Kier alpha value is -1.35. The Labute approximate surface area is 128 Å². The smallest absolute Gasteiger partial charge is 0.251 e. The van der Waals surface area contributed by atoms with Crippen molar-refractivity contribution in [3.8, 4) is 0 Å². The number of hydrogen-bond acceptors (Lipinski definition) is 2. The SMILES string of the molecule is CCCC1CCC(NC(=O)c2ccc(CCN)cc2)CC1. The summed E-state index contributed by atoms with van der Waals surface area (Å²) in [6, 6.07) is 8.17. The normalized spacial score (nSPS) is 22.0. The van der Waals surface area contributed by atoms with Crippen molar-refractivity contribution >= 4 is 5.91 Å². The zero-order chi connectivity index (χ0) is 15.1. The molecule has 0 saturated heterocycles. The standard InChI is InChI=1S/C18H28N2O/c1-2-3-14-6-10-17(11-7-14)20-18(21)16-8-4-15(5-9-16)12-13-19/h4-5,8-9,14,17H,2-3,6-7,10-13,19H2,1H3,(H,20,21). The maximum Gasteiger partial charge on any atom is 0.251 e. The van der Waals surface area contributed by atoms with Crippen molar-refractivity contribution in [2.24, 2.45) is 11.7 Å². The second-order valence-electron chi connectivity index (χ2n) is 6.22. The molecule has 0 heterocycles. The van der Waals surface area contributed by atoms with Gasteiger partial charge in [0.05, 0.1) is 0 Å². The van der Waals surface area contributed by atoms with E-state index >= 15 is 0 Å². The first-order valence-corrected chi connectivity index (χ1v) is 8.32. The van der Waals surface area contributed by atoms with Crippen LogP contribution in [0, 0.1) is 5.92 Å². The third-order valence-corrected chi connectivity index (χ3v) is 4.53. The van der Waals surface area contributed by atoms with Gasteiger partial charge in [0.2, 0.25) is 0 Å². The van der Waals surface area contributed by atoms with Crippen LogP contribution in [0.2, 0.25) is 0 Å². The van der Waals surface area contributed by atoms with Gasteiger partial charge in [-0.05, 0) is 62.3 Å². The summed E-state index contributed by atoms with van der Waals surface area (Å²) in [5.41, 5.74) is 7.48. The number of nitrogens with one attached hydrogen (secondary N) is 1. The van der Waals surface area contributed by atoms with Crippen molar-refractivity contribution in [2.75, 3.05) is 6.54 Å². The predicted molar refractivity (Wildman–Crippen MR) is 87.3 cm³/mol. The Morgan fingerprint density at radius 1 is 1.19 bits per heavy atom. The highest BCUT2D eigenvalue weighted by atomic mass is 16.1. The van der Waals surface area contributed by atoms with Crippen LogP contribution < -0.4 is 11.1 Å². The van der Waals surface area contributed by atoms with Gasteiger partial charge in [-0.3, -0.25) is 4.79 Å². The fraction of sp³-hybridized carbons (Fsp3) is 0.611. The van der Waals surface area contributed by atoms with Crippen LogP contribution in [-0.4, -0.2) is 18.5 Å². The number of carbonyl (C=O) groups is 1. The topological polar surface area (TPSA) is 55.1 Å². The molecule has 3 heteroatoms. The van der Waals surface area contributed by atoms with E-state index in [0.717, 1.165) is 30.7 Å². The highest BCUT2D eigenvalue weighted by molar-refractivity contribution is 5.94. The van der Waals surface area contributed by atoms with E-state index < -0.39 is 0 Å². The van der Waals surface area contributed by atoms with E-state index in [1.165, 1.54) is 31.2 Å². The summed E-state index contributed by atoms with van der Waals surface area (Å²) >= 11 is 0. The van der Waals surface area contributed by atoms with Crippen molar-refractivity contribution in [1.82, 2.24) is 5.32 Å². The van der Waals surface area contributed by atoms with E-state index in [4.69, 9.17) is 5.73 Å². The summed E-state index contributed by atoms with van der Waals surface area (Å²) in [6.07, 6.45) is 8.25. The maximum absolute atomic E-state index is 12.3. The molecular weight excluding hydrogens is 260 g/mol. The van der Waals surface area contributed by atoms with Crippen LogP contribution in [0.4, 0.5) is 0 Å². The fourth-order valence-corrected chi connectivity index (χ4v) is 3.26. The van der Waals surface area contributed by atoms with Crippen molar-refractivity contribution in [1.29, 1.82) is 0 Å². The first kappa shape index (κ1) is 16.0. The van der Waals surface area contributed by atoms with Crippen molar-refractivity contribution in [3.05, 3.63) is 35.4 Å². The van der Waals surface area contributed by atoms with Crippen LogP contribution >= 0.6 is 0 Å². The Morgan fingerprint density at radius 2 is 1.86 bits per heavy atom. The number of rotatable bonds is 6. The van der Waals surface area contributed by atoms with Gasteiger partial charge in [-0.1, -0.05) is 31.9 Å². The number of amides is 1. The van der Waals surface area contributed by atoms with Crippen LogP contribution in [0.5, 0.6) is 0 Å². The lowest BCUT2D eigenvalue weighted by Gasteiger charge is -2.29. The van der Waals surface area contributed by atoms with E-state index in [-0.39, 0.29) is 5.91 Å². The van der Waals surface area contributed by atoms with E-state index in [1.54, 1.807) is 0 Å². The van der Waals surface area contributed by atoms with Gasteiger partial charge >= 0.3 is 0 Å². The second-order valence-corrected chi connectivity index (χ2v) is 6.22. The van der Waals surface area contributed by atoms with E-state index in [0.29, 0.717) is 12.6 Å². The van der Waals surface area contributed by atoms with Crippen LogP contribution in [0.25, 0.3) is 0 Å². The highest BCUT2D eigenvalue weighted by Crippen LogP contribution is 2.27. The molecule has 0 atom stereocenters. The number of benzene rings is 1. The Morgan fingerprint density at radius 3 is 2.43 bits per heavy atom. The summed E-state index contributed by atoms with van der Waals surface area (Å²) in [7, 11) is 0. The average molecular weight is 288 g/mol. The van der Waals surface area contributed by atoms with Crippen LogP contribution in [0.3, 0.4) is 0 Å². The van der Waals surface area contributed by atoms with E-state index in [1.807, 2.05) is 24.3 Å². The minimum atomic E-state index is 0.0632. The van der Waals surface area contributed by atoms with Crippen molar-refractivity contribution in [3.63, 3.8) is 0 Å². The average Bonchev–Trinajstić information content (AvgIpc) is 2.50. The van der Waals surface area contributed by atoms with Gasteiger partial charge < -0.3 is 11.1 Å². The molecule has 0 spiro atoms. The molecule has 21 heavy (non-hydrogen) atoms. The van der Waals surface area contributed by atoms with Crippen LogP contribution in [0.1, 0.15) is 61.4 Å². The Bertz CT molecular complexity index is 433. The quantitative estimate of drug-likeness (QED) is 0.844. The van der Waals surface area contributed by atoms with Crippen molar-refractivity contribution in [2.45, 2.75) is 57.9 Å². The third-order valence-electron chi connectivity index (χ3n) is 4.53. The summed E-state index contributed by atoms with van der Waals surface area (Å²) in [6.45, 7) is 2.90. The molecule has 3 N–H and O–H groups in total. The number of hydrogen-bond donors (Lipinski definition) is 2. The fourth-order valence-electron chi connectivity index (χ4n) is 3.26. The summed E-state index contributed by atoms with van der Waals surface area (Å²) in [4.78, 5) is 12.3.